The van der Waals surface area contributed by atoms with Crippen molar-refractivity contribution in [1.82, 2.24) is 16.0 Å². The topological polar surface area (TPSA) is 88.7 Å². The van der Waals surface area contributed by atoms with E-state index in [1.807, 2.05) is 23.9 Å². The van der Waals surface area contributed by atoms with Gasteiger partial charge in [-0.05, 0) is 37.0 Å². The highest BCUT2D eigenvalue weighted by atomic mass is 35.5. The van der Waals surface area contributed by atoms with Crippen LogP contribution in [-0.2, 0) is 11.2 Å². The van der Waals surface area contributed by atoms with Crippen LogP contribution < -0.4 is 25.4 Å². The fourth-order valence-corrected chi connectivity index (χ4v) is 5.85. The summed E-state index contributed by atoms with van der Waals surface area (Å²) in [5.41, 5.74) is 1.01. The van der Waals surface area contributed by atoms with Crippen LogP contribution in [0.1, 0.15) is 31.2 Å². The predicted octanol–water partition coefficient (Wildman–Crippen LogP) is 2.50. The van der Waals surface area contributed by atoms with Gasteiger partial charge in [-0.1, -0.05) is 18.0 Å². The van der Waals surface area contributed by atoms with E-state index in [-0.39, 0.29) is 24.0 Å². The molecule has 7 nitrogen and oxygen atoms in total. The van der Waals surface area contributed by atoms with Gasteiger partial charge in [0.25, 0.3) is 0 Å². The van der Waals surface area contributed by atoms with E-state index >= 15 is 0 Å². The number of benzene rings is 1. The van der Waals surface area contributed by atoms with E-state index in [1.165, 1.54) is 0 Å². The summed E-state index contributed by atoms with van der Waals surface area (Å²) < 4.78 is 11.1. The summed E-state index contributed by atoms with van der Waals surface area (Å²) in [6, 6.07) is 4.23. The highest BCUT2D eigenvalue weighted by Crippen LogP contribution is 2.38. The summed E-state index contributed by atoms with van der Waals surface area (Å²) in [5, 5.41) is 9.93. The molecule has 0 aliphatic carbocycles. The molecule has 1 aromatic carbocycles. The highest BCUT2D eigenvalue weighted by molar-refractivity contribution is 8.00. The lowest BCUT2D eigenvalue weighted by molar-refractivity contribution is -0.121. The fourth-order valence-electron chi connectivity index (χ4n) is 4.02. The van der Waals surface area contributed by atoms with Crippen molar-refractivity contribution in [2.45, 2.75) is 49.4 Å². The van der Waals surface area contributed by atoms with E-state index in [1.54, 1.807) is 0 Å². The molecule has 29 heavy (non-hydrogen) atoms. The van der Waals surface area contributed by atoms with E-state index in [9.17, 15) is 9.59 Å². The van der Waals surface area contributed by atoms with E-state index in [0.717, 1.165) is 30.6 Å². The van der Waals surface area contributed by atoms with Gasteiger partial charge in [0, 0.05) is 24.0 Å². The first kappa shape index (κ1) is 20.5. The van der Waals surface area contributed by atoms with Crippen molar-refractivity contribution in [1.29, 1.82) is 0 Å². The zero-order chi connectivity index (χ0) is 20.2. The number of urea groups is 1. The molecule has 2 fully saturated rings. The Hall–Kier alpha value is -1.80. The first-order chi connectivity index (χ1) is 14.1. The Morgan fingerprint density at radius 2 is 2.10 bits per heavy atom. The van der Waals surface area contributed by atoms with Crippen LogP contribution in [0, 0.1) is 0 Å². The number of halogens is 1. The second-order valence-corrected chi connectivity index (χ2v) is 9.25. The number of hydrogen-bond donors (Lipinski definition) is 3. The van der Waals surface area contributed by atoms with Gasteiger partial charge in [0.1, 0.15) is 13.2 Å². The number of nitrogens with one attached hydrogen (secondary N) is 3. The molecule has 3 aliphatic heterocycles. The monoisotopic (exact) mass is 439 g/mol. The zero-order valence-corrected chi connectivity index (χ0v) is 17.7. The van der Waals surface area contributed by atoms with Crippen LogP contribution >= 0.6 is 23.4 Å². The Kier molecular flexibility index (Phi) is 6.60. The van der Waals surface area contributed by atoms with Crippen LogP contribution in [0.4, 0.5) is 4.79 Å². The van der Waals surface area contributed by atoms with Crippen molar-refractivity contribution >= 4 is 35.3 Å². The van der Waals surface area contributed by atoms with E-state index in [4.69, 9.17) is 21.1 Å². The van der Waals surface area contributed by atoms with E-state index < -0.39 is 0 Å². The third-order valence-corrected chi connectivity index (χ3v) is 7.26. The second kappa shape index (κ2) is 9.34. The lowest BCUT2D eigenvalue weighted by Gasteiger charge is -2.20. The minimum absolute atomic E-state index is 0.0519. The summed E-state index contributed by atoms with van der Waals surface area (Å²) in [7, 11) is 0. The second-order valence-electron chi connectivity index (χ2n) is 7.57. The molecule has 3 atom stereocenters. The predicted molar refractivity (Wildman–Crippen MR) is 113 cm³/mol. The average molecular weight is 440 g/mol. The smallest absolute Gasteiger partial charge is 0.315 e. The highest BCUT2D eigenvalue weighted by Gasteiger charge is 2.42. The standard InChI is InChI=1S/C20H26ClN3O4S/c21-13-9-12(10-15-19(13)28-8-7-27-15)5-6-22-17(25)4-2-1-3-16-18-14(11-29-16)23-20(26)24-18/h9-10,14,16,18H,1-8,11H2,(H,22,25)(H2,23,24,26)/t14-,16+,18-/m1/s1. The molecule has 2 saturated heterocycles. The Morgan fingerprint density at radius 1 is 1.24 bits per heavy atom. The van der Waals surface area contributed by atoms with Crippen molar-refractivity contribution in [2.75, 3.05) is 25.5 Å². The Morgan fingerprint density at radius 3 is 3.00 bits per heavy atom. The lowest BCUT2D eigenvalue weighted by atomic mass is 10.0. The van der Waals surface area contributed by atoms with Crippen molar-refractivity contribution < 1.29 is 19.1 Å². The number of amides is 3. The molecular formula is C20H26ClN3O4S. The molecule has 0 unspecified atom stereocenters. The molecule has 0 bridgehead atoms. The summed E-state index contributed by atoms with van der Waals surface area (Å²) in [6.45, 7) is 1.59. The van der Waals surface area contributed by atoms with Crippen LogP contribution in [0.2, 0.25) is 5.02 Å². The zero-order valence-electron chi connectivity index (χ0n) is 16.2. The first-order valence-corrected chi connectivity index (χ1v) is 11.6. The molecule has 1 aromatic rings. The summed E-state index contributed by atoms with van der Waals surface area (Å²) in [4.78, 5) is 23.5. The maximum atomic E-state index is 12.1. The van der Waals surface area contributed by atoms with Crippen molar-refractivity contribution in [2.24, 2.45) is 0 Å². The molecular weight excluding hydrogens is 414 g/mol. The molecule has 4 rings (SSSR count). The van der Waals surface area contributed by atoms with Gasteiger partial charge in [-0.25, -0.2) is 4.79 Å². The number of fused-ring (bicyclic) bond motifs is 2. The number of thioether (sulfide) groups is 1. The van der Waals surface area contributed by atoms with Gasteiger partial charge < -0.3 is 25.4 Å². The van der Waals surface area contributed by atoms with Crippen LogP contribution in [0.25, 0.3) is 0 Å². The average Bonchev–Trinajstić information content (AvgIpc) is 3.25. The normalized spacial score (nSPS) is 24.6. The minimum Gasteiger partial charge on any atom is -0.486 e. The number of hydrogen-bond acceptors (Lipinski definition) is 5. The molecule has 0 radical (unpaired) electrons. The Bertz CT molecular complexity index is 778. The lowest BCUT2D eigenvalue weighted by Crippen LogP contribution is -2.36. The van der Waals surface area contributed by atoms with Gasteiger partial charge in [-0.15, -0.1) is 0 Å². The van der Waals surface area contributed by atoms with Gasteiger partial charge in [0.15, 0.2) is 11.5 Å². The largest absolute Gasteiger partial charge is 0.486 e. The minimum atomic E-state index is -0.0519. The first-order valence-electron chi connectivity index (χ1n) is 10.1. The number of carbonyl (C=O) groups is 2. The molecule has 0 spiro atoms. The fraction of sp³-hybridized carbons (Fsp3) is 0.600. The maximum Gasteiger partial charge on any atom is 0.315 e. The molecule has 158 valence electrons. The SMILES string of the molecule is O=C(CCCC[C@@H]1SC[C@H]2NC(=O)N[C@@H]12)NCCc1cc(Cl)c2c(c1)OCCO2. The van der Waals surface area contributed by atoms with Crippen LogP contribution in [0.3, 0.4) is 0 Å². The number of unbranched alkanes of at least 4 members (excludes halogenated alkanes) is 1. The number of ether oxygens (including phenoxy) is 2. The summed E-state index contributed by atoms with van der Waals surface area (Å²) >= 11 is 8.16. The molecule has 3 amide bonds. The maximum absolute atomic E-state index is 12.1. The van der Waals surface area contributed by atoms with Crippen molar-refractivity contribution in [3.05, 3.63) is 22.7 Å². The molecule has 0 saturated carbocycles. The molecule has 9 heteroatoms. The number of rotatable bonds is 8. The molecule has 3 N–H and O–H groups in total. The number of carbonyl (C=O) groups excluding carboxylic acids is 2. The van der Waals surface area contributed by atoms with E-state index in [0.29, 0.717) is 54.4 Å². The molecule has 3 heterocycles. The molecule has 3 aliphatic rings. The van der Waals surface area contributed by atoms with Crippen LogP contribution in [-0.4, -0.2) is 54.8 Å². The van der Waals surface area contributed by atoms with Gasteiger partial charge in [0.2, 0.25) is 5.91 Å². The molecule has 0 aromatic heterocycles. The van der Waals surface area contributed by atoms with Crippen molar-refractivity contribution in [3.8, 4) is 11.5 Å². The quantitative estimate of drug-likeness (QED) is 0.428. The van der Waals surface area contributed by atoms with Crippen LogP contribution in [0.15, 0.2) is 12.1 Å². The van der Waals surface area contributed by atoms with Gasteiger partial charge >= 0.3 is 6.03 Å². The Balaban J connectivity index is 1.12. The van der Waals surface area contributed by atoms with E-state index in [2.05, 4.69) is 16.0 Å². The van der Waals surface area contributed by atoms with Gasteiger partial charge in [-0.2, -0.15) is 11.8 Å². The summed E-state index contributed by atoms with van der Waals surface area (Å²) in [5.74, 6) is 2.32. The third-order valence-electron chi connectivity index (χ3n) is 5.47. The Labute approximate surface area is 179 Å². The summed E-state index contributed by atoms with van der Waals surface area (Å²) in [6.07, 6.45) is 4.09. The van der Waals surface area contributed by atoms with Crippen molar-refractivity contribution in [3.63, 3.8) is 0 Å². The van der Waals surface area contributed by atoms with Gasteiger partial charge in [0.05, 0.1) is 17.1 Å². The van der Waals surface area contributed by atoms with Crippen LogP contribution in [0.5, 0.6) is 11.5 Å². The van der Waals surface area contributed by atoms with Gasteiger partial charge in [-0.3, -0.25) is 4.79 Å². The third kappa shape index (κ3) is 5.04.